The van der Waals surface area contributed by atoms with Crippen LogP contribution in [0.15, 0.2) is 0 Å². The van der Waals surface area contributed by atoms with Gasteiger partial charge in [0.05, 0.1) is 19.3 Å². The molecule has 14 heavy (non-hydrogen) atoms. The Morgan fingerprint density at radius 3 is 2.71 bits per heavy atom. The summed E-state index contributed by atoms with van der Waals surface area (Å²) in [6, 6.07) is 2.25. The Labute approximate surface area is 89.4 Å². The minimum absolute atomic E-state index is 0.0193. The van der Waals surface area contributed by atoms with Gasteiger partial charge in [-0.15, -0.1) is 0 Å². The molecular weight excluding hydrogens is 198 g/mol. The molecule has 0 bridgehead atoms. The van der Waals surface area contributed by atoms with Crippen molar-refractivity contribution in [1.29, 1.82) is 5.26 Å². The quantitative estimate of drug-likeness (QED) is 0.773. The van der Waals surface area contributed by atoms with Crippen molar-refractivity contribution in [2.45, 2.75) is 25.9 Å². The highest BCUT2D eigenvalue weighted by molar-refractivity contribution is 7.99. The normalized spacial score (nSPS) is 31.0. The number of rotatable bonds is 3. The third-order valence-electron chi connectivity index (χ3n) is 2.27. The minimum Gasteiger partial charge on any atom is -0.394 e. The zero-order chi connectivity index (χ0) is 10.7. The molecule has 1 atom stereocenters. The number of hydrogen-bond acceptors (Lipinski definition) is 4. The molecular formula is C10H17NO2S. The summed E-state index contributed by atoms with van der Waals surface area (Å²) in [5.74, 6) is 1.78. The number of aliphatic hydroxyl groups excluding tert-OH is 1. The molecule has 0 aliphatic carbocycles. The number of nitriles is 1. The predicted octanol–water partition coefficient (Wildman–Crippen LogP) is 1.42. The van der Waals surface area contributed by atoms with E-state index in [-0.39, 0.29) is 18.6 Å². The maximum atomic E-state index is 9.13. The fourth-order valence-electron chi connectivity index (χ4n) is 1.81. The molecule has 80 valence electrons. The SMILES string of the molecule is CC1(C)CSCC(C#N)(OCCO)C1. The third kappa shape index (κ3) is 2.88. The molecule has 3 nitrogen and oxygen atoms in total. The molecule has 1 unspecified atom stereocenters. The van der Waals surface area contributed by atoms with Crippen LogP contribution in [-0.4, -0.2) is 35.4 Å². The molecule has 0 amide bonds. The highest BCUT2D eigenvalue weighted by Crippen LogP contribution is 2.40. The standard InChI is InChI=1S/C10H17NO2S/c1-9(2)5-10(6-11,8-14-7-9)13-4-3-12/h12H,3-5,7-8H2,1-2H3. The number of nitrogens with zero attached hydrogens (tertiary/aromatic N) is 1. The van der Waals surface area contributed by atoms with Crippen LogP contribution in [0.5, 0.6) is 0 Å². The van der Waals surface area contributed by atoms with Crippen LogP contribution in [0.1, 0.15) is 20.3 Å². The molecule has 1 saturated heterocycles. The first-order valence-electron chi connectivity index (χ1n) is 4.77. The van der Waals surface area contributed by atoms with E-state index in [1.165, 1.54) is 0 Å². The van der Waals surface area contributed by atoms with Crippen LogP contribution in [0.2, 0.25) is 0 Å². The van der Waals surface area contributed by atoms with E-state index in [4.69, 9.17) is 15.1 Å². The van der Waals surface area contributed by atoms with Crippen molar-refractivity contribution in [2.75, 3.05) is 24.7 Å². The molecule has 1 fully saturated rings. The Kier molecular flexibility index (Phi) is 3.82. The molecule has 0 aromatic rings. The molecule has 1 N–H and O–H groups in total. The van der Waals surface area contributed by atoms with Crippen molar-refractivity contribution < 1.29 is 9.84 Å². The van der Waals surface area contributed by atoms with Gasteiger partial charge in [0, 0.05) is 5.75 Å². The minimum atomic E-state index is -0.685. The summed E-state index contributed by atoms with van der Waals surface area (Å²) in [6.07, 6.45) is 0.753. The second-order valence-corrected chi connectivity index (χ2v) is 5.50. The molecule has 0 spiro atoms. The van der Waals surface area contributed by atoms with Gasteiger partial charge >= 0.3 is 0 Å². The molecule has 4 heteroatoms. The van der Waals surface area contributed by atoms with Crippen molar-refractivity contribution in [1.82, 2.24) is 0 Å². The largest absolute Gasteiger partial charge is 0.394 e. The Balaban J connectivity index is 2.65. The van der Waals surface area contributed by atoms with Gasteiger partial charge in [-0.25, -0.2) is 0 Å². The summed E-state index contributed by atoms with van der Waals surface area (Å²) in [5, 5.41) is 17.8. The van der Waals surface area contributed by atoms with Crippen LogP contribution in [-0.2, 0) is 4.74 Å². The van der Waals surface area contributed by atoms with Gasteiger partial charge in [0.15, 0.2) is 5.60 Å². The average Bonchev–Trinajstić information content (AvgIpc) is 2.13. The van der Waals surface area contributed by atoms with Gasteiger partial charge in [0.25, 0.3) is 0 Å². The van der Waals surface area contributed by atoms with Crippen LogP contribution in [0.4, 0.5) is 0 Å². The van der Waals surface area contributed by atoms with Crippen LogP contribution in [0, 0.1) is 16.7 Å². The van der Waals surface area contributed by atoms with Crippen LogP contribution in [0.3, 0.4) is 0 Å². The first kappa shape index (κ1) is 11.8. The van der Waals surface area contributed by atoms with E-state index >= 15 is 0 Å². The van der Waals surface area contributed by atoms with E-state index in [2.05, 4.69) is 19.9 Å². The lowest BCUT2D eigenvalue weighted by atomic mass is 9.82. The van der Waals surface area contributed by atoms with E-state index < -0.39 is 5.60 Å². The molecule has 0 aromatic heterocycles. The van der Waals surface area contributed by atoms with Crippen molar-refractivity contribution >= 4 is 11.8 Å². The van der Waals surface area contributed by atoms with Gasteiger partial charge < -0.3 is 9.84 Å². The lowest BCUT2D eigenvalue weighted by Gasteiger charge is -2.39. The predicted molar refractivity (Wildman–Crippen MR) is 57.1 cm³/mol. The fourth-order valence-corrected chi connectivity index (χ4v) is 3.14. The maximum Gasteiger partial charge on any atom is 0.163 e. The monoisotopic (exact) mass is 215 g/mol. The van der Waals surface area contributed by atoms with Gasteiger partial charge in [-0.2, -0.15) is 17.0 Å². The smallest absolute Gasteiger partial charge is 0.163 e. The number of aliphatic hydroxyl groups is 1. The lowest BCUT2D eigenvalue weighted by molar-refractivity contribution is -0.0294. The second-order valence-electron chi connectivity index (χ2n) is 4.51. The van der Waals surface area contributed by atoms with Crippen molar-refractivity contribution in [3.05, 3.63) is 0 Å². The topological polar surface area (TPSA) is 53.2 Å². The summed E-state index contributed by atoms with van der Waals surface area (Å²) < 4.78 is 5.47. The summed E-state index contributed by atoms with van der Waals surface area (Å²) in [4.78, 5) is 0. The summed E-state index contributed by atoms with van der Waals surface area (Å²) in [5.41, 5.74) is -0.538. The van der Waals surface area contributed by atoms with Crippen molar-refractivity contribution in [3.63, 3.8) is 0 Å². The van der Waals surface area contributed by atoms with Gasteiger partial charge in [0.1, 0.15) is 0 Å². The van der Waals surface area contributed by atoms with Crippen LogP contribution in [0.25, 0.3) is 0 Å². The first-order chi connectivity index (χ1) is 6.54. The van der Waals surface area contributed by atoms with E-state index in [0.717, 1.165) is 12.2 Å². The molecule has 1 aliphatic rings. The number of thioether (sulfide) groups is 1. The number of ether oxygens (including phenoxy) is 1. The second kappa shape index (κ2) is 4.52. The first-order valence-corrected chi connectivity index (χ1v) is 5.93. The summed E-state index contributed by atoms with van der Waals surface area (Å²) in [7, 11) is 0. The zero-order valence-corrected chi connectivity index (χ0v) is 9.56. The van der Waals surface area contributed by atoms with E-state index in [0.29, 0.717) is 5.75 Å². The van der Waals surface area contributed by atoms with Crippen molar-refractivity contribution in [3.8, 4) is 6.07 Å². The third-order valence-corrected chi connectivity index (χ3v) is 3.92. The van der Waals surface area contributed by atoms with Crippen LogP contribution >= 0.6 is 11.8 Å². The van der Waals surface area contributed by atoms with Gasteiger partial charge in [-0.3, -0.25) is 0 Å². The number of hydrogen-bond donors (Lipinski definition) is 1. The highest BCUT2D eigenvalue weighted by Gasteiger charge is 2.41. The Morgan fingerprint density at radius 1 is 1.50 bits per heavy atom. The molecule has 0 saturated carbocycles. The summed E-state index contributed by atoms with van der Waals surface area (Å²) >= 11 is 1.75. The molecule has 0 aromatic carbocycles. The molecule has 1 heterocycles. The lowest BCUT2D eigenvalue weighted by Crippen LogP contribution is -2.44. The van der Waals surface area contributed by atoms with Gasteiger partial charge in [0.2, 0.25) is 0 Å². The fraction of sp³-hybridized carbons (Fsp3) is 0.900. The van der Waals surface area contributed by atoms with Gasteiger partial charge in [-0.05, 0) is 17.6 Å². The Hall–Kier alpha value is -0.240. The molecule has 0 radical (unpaired) electrons. The van der Waals surface area contributed by atoms with Crippen molar-refractivity contribution in [2.24, 2.45) is 5.41 Å². The van der Waals surface area contributed by atoms with Gasteiger partial charge in [-0.1, -0.05) is 13.8 Å². The Bertz CT molecular complexity index is 237. The Morgan fingerprint density at radius 2 is 2.21 bits per heavy atom. The highest BCUT2D eigenvalue weighted by atomic mass is 32.2. The van der Waals surface area contributed by atoms with E-state index in [1.54, 1.807) is 11.8 Å². The maximum absolute atomic E-state index is 9.13. The zero-order valence-electron chi connectivity index (χ0n) is 8.75. The molecule has 1 aliphatic heterocycles. The van der Waals surface area contributed by atoms with Crippen LogP contribution < -0.4 is 0 Å². The van der Waals surface area contributed by atoms with E-state index in [9.17, 15) is 0 Å². The summed E-state index contributed by atoms with van der Waals surface area (Å²) in [6.45, 7) is 4.53. The van der Waals surface area contributed by atoms with E-state index in [1.807, 2.05) is 0 Å². The molecule has 1 rings (SSSR count). The average molecular weight is 215 g/mol.